The monoisotopic (exact) mass is 234 g/mol. The predicted octanol–water partition coefficient (Wildman–Crippen LogP) is 2.56. The van der Waals surface area contributed by atoms with E-state index in [1.54, 1.807) is 0 Å². The SMILES string of the molecule is C1=CC(N2CCCC(CNC3CC3)C2)CCC1. The summed E-state index contributed by atoms with van der Waals surface area (Å²) in [5.41, 5.74) is 0. The van der Waals surface area contributed by atoms with Gasteiger partial charge in [-0.15, -0.1) is 0 Å². The first-order chi connectivity index (χ1) is 8.42. The Morgan fingerprint density at radius 3 is 2.82 bits per heavy atom. The molecule has 0 radical (unpaired) electrons. The predicted molar refractivity (Wildman–Crippen MR) is 72.1 cm³/mol. The second-order valence-corrected chi connectivity index (χ2v) is 6.11. The van der Waals surface area contributed by atoms with Crippen LogP contribution in [0.2, 0.25) is 0 Å². The second-order valence-electron chi connectivity index (χ2n) is 6.11. The molecule has 2 nitrogen and oxygen atoms in total. The maximum Gasteiger partial charge on any atom is 0.0278 e. The maximum atomic E-state index is 3.71. The van der Waals surface area contributed by atoms with Crippen molar-refractivity contribution >= 4 is 0 Å². The third-order valence-electron chi connectivity index (χ3n) is 4.52. The van der Waals surface area contributed by atoms with E-state index < -0.39 is 0 Å². The van der Waals surface area contributed by atoms with Gasteiger partial charge in [-0.2, -0.15) is 0 Å². The molecule has 2 aliphatic carbocycles. The van der Waals surface area contributed by atoms with Crippen LogP contribution in [0.5, 0.6) is 0 Å². The third-order valence-corrected chi connectivity index (χ3v) is 4.52. The van der Waals surface area contributed by atoms with Crippen LogP contribution in [-0.2, 0) is 0 Å². The van der Waals surface area contributed by atoms with Gasteiger partial charge in [0.2, 0.25) is 0 Å². The van der Waals surface area contributed by atoms with Crippen molar-refractivity contribution in [2.75, 3.05) is 19.6 Å². The van der Waals surface area contributed by atoms with Gasteiger partial charge in [0.15, 0.2) is 0 Å². The van der Waals surface area contributed by atoms with Crippen LogP contribution in [0.3, 0.4) is 0 Å². The van der Waals surface area contributed by atoms with Crippen molar-refractivity contribution in [3.63, 3.8) is 0 Å². The number of hydrogen-bond donors (Lipinski definition) is 1. The Morgan fingerprint density at radius 1 is 1.12 bits per heavy atom. The first kappa shape index (κ1) is 11.7. The van der Waals surface area contributed by atoms with Crippen molar-refractivity contribution < 1.29 is 0 Å². The highest BCUT2D eigenvalue weighted by Crippen LogP contribution is 2.24. The molecule has 3 rings (SSSR count). The van der Waals surface area contributed by atoms with Crippen LogP contribution >= 0.6 is 0 Å². The summed E-state index contributed by atoms with van der Waals surface area (Å²) in [5.74, 6) is 0.902. The number of likely N-dealkylation sites (tertiary alicyclic amines) is 1. The van der Waals surface area contributed by atoms with Gasteiger partial charge in [0.05, 0.1) is 0 Å². The molecule has 96 valence electrons. The molecule has 2 unspecified atom stereocenters. The average molecular weight is 234 g/mol. The minimum absolute atomic E-state index is 0.757. The van der Waals surface area contributed by atoms with Crippen molar-refractivity contribution in [2.24, 2.45) is 5.92 Å². The number of nitrogens with one attached hydrogen (secondary N) is 1. The molecule has 0 bridgehead atoms. The zero-order chi connectivity index (χ0) is 11.5. The Labute approximate surface area is 105 Å². The highest BCUT2D eigenvalue weighted by atomic mass is 15.2. The summed E-state index contributed by atoms with van der Waals surface area (Å²) in [7, 11) is 0. The van der Waals surface area contributed by atoms with Crippen molar-refractivity contribution in [1.29, 1.82) is 0 Å². The van der Waals surface area contributed by atoms with E-state index in [0.717, 1.165) is 18.0 Å². The van der Waals surface area contributed by atoms with Crippen LogP contribution in [0.25, 0.3) is 0 Å². The lowest BCUT2D eigenvalue weighted by molar-refractivity contribution is 0.135. The average Bonchev–Trinajstić information content (AvgIpc) is 3.22. The molecule has 2 heteroatoms. The van der Waals surface area contributed by atoms with Crippen LogP contribution in [-0.4, -0.2) is 36.6 Å². The van der Waals surface area contributed by atoms with Gasteiger partial charge in [0, 0.05) is 18.6 Å². The lowest BCUT2D eigenvalue weighted by Crippen LogP contribution is -2.45. The molecule has 0 aromatic heterocycles. The quantitative estimate of drug-likeness (QED) is 0.752. The smallest absolute Gasteiger partial charge is 0.0278 e. The molecule has 1 saturated heterocycles. The van der Waals surface area contributed by atoms with E-state index in [4.69, 9.17) is 0 Å². The van der Waals surface area contributed by atoms with Gasteiger partial charge in [-0.1, -0.05) is 12.2 Å². The summed E-state index contributed by atoms with van der Waals surface area (Å²) in [6, 6.07) is 1.63. The number of allylic oxidation sites excluding steroid dienone is 1. The second kappa shape index (κ2) is 5.53. The number of nitrogens with zero attached hydrogens (tertiary/aromatic N) is 1. The minimum Gasteiger partial charge on any atom is -0.314 e. The van der Waals surface area contributed by atoms with Gasteiger partial charge in [-0.25, -0.2) is 0 Å². The van der Waals surface area contributed by atoms with Gasteiger partial charge in [0.25, 0.3) is 0 Å². The van der Waals surface area contributed by atoms with E-state index in [-0.39, 0.29) is 0 Å². The molecule has 1 saturated carbocycles. The normalized spacial score (nSPS) is 35.1. The molecule has 1 heterocycles. The van der Waals surface area contributed by atoms with Gasteiger partial charge in [-0.05, 0) is 64.0 Å². The largest absolute Gasteiger partial charge is 0.314 e. The zero-order valence-electron chi connectivity index (χ0n) is 10.9. The highest BCUT2D eigenvalue weighted by Gasteiger charge is 2.27. The summed E-state index contributed by atoms with van der Waals surface area (Å²) in [6.45, 7) is 3.92. The molecule has 0 spiro atoms. The van der Waals surface area contributed by atoms with E-state index in [2.05, 4.69) is 22.4 Å². The van der Waals surface area contributed by atoms with E-state index >= 15 is 0 Å². The molecule has 2 atom stereocenters. The highest BCUT2D eigenvalue weighted by molar-refractivity contribution is 4.99. The zero-order valence-corrected chi connectivity index (χ0v) is 10.9. The Balaban J connectivity index is 1.47. The molecule has 1 N–H and O–H groups in total. The standard InChI is InChI=1S/C15H26N2/c1-2-6-15(7-3-1)17-10-4-5-13(12-17)11-16-14-8-9-14/h2,6,13-16H,1,3-5,7-12H2. The van der Waals surface area contributed by atoms with Crippen molar-refractivity contribution in [3.8, 4) is 0 Å². The molecule has 1 aliphatic heterocycles. The van der Waals surface area contributed by atoms with Crippen LogP contribution in [0.15, 0.2) is 12.2 Å². The van der Waals surface area contributed by atoms with Gasteiger partial charge in [-0.3, -0.25) is 4.90 Å². The Morgan fingerprint density at radius 2 is 2.06 bits per heavy atom. The Kier molecular flexibility index (Phi) is 3.82. The molecule has 0 amide bonds. The number of piperidine rings is 1. The summed E-state index contributed by atoms with van der Waals surface area (Å²) in [5, 5.41) is 3.71. The first-order valence-electron chi connectivity index (χ1n) is 7.56. The summed E-state index contributed by atoms with van der Waals surface area (Å²) < 4.78 is 0. The van der Waals surface area contributed by atoms with Crippen LogP contribution in [0.1, 0.15) is 44.9 Å². The van der Waals surface area contributed by atoms with Crippen molar-refractivity contribution in [2.45, 2.75) is 57.0 Å². The van der Waals surface area contributed by atoms with Crippen molar-refractivity contribution in [3.05, 3.63) is 12.2 Å². The van der Waals surface area contributed by atoms with Crippen molar-refractivity contribution in [1.82, 2.24) is 10.2 Å². The molecular formula is C15H26N2. The summed E-state index contributed by atoms with van der Waals surface area (Å²) >= 11 is 0. The van der Waals surface area contributed by atoms with Crippen LogP contribution in [0, 0.1) is 5.92 Å². The maximum absolute atomic E-state index is 3.71. The minimum atomic E-state index is 0.757. The van der Waals surface area contributed by atoms with Gasteiger partial charge < -0.3 is 5.32 Å². The topological polar surface area (TPSA) is 15.3 Å². The summed E-state index contributed by atoms with van der Waals surface area (Å²) in [4.78, 5) is 2.73. The molecule has 2 fully saturated rings. The Bertz CT molecular complexity index is 270. The lowest BCUT2D eigenvalue weighted by atomic mass is 9.93. The van der Waals surface area contributed by atoms with E-state index in [1.807, 2.05) is 0 Å². The Hall–Kier alpha value is -0.340. The van der Waals surface area contributed by atoms with Gasteiger partial charge >= 0.3 is 0 Å². The summed E-state index contributed by atoms with van der Waals surface area (Å²) in [6.07, 6.45) is 14.6. The molecule has 0 aromatic rings. The first-order valence-corrected chi connectivity index (χ1v) is 7.56. The molecule has 3 aliphatic rings. The van der Waals surface area contributed by atoms with E-state index in [1.165, 1.54) is 64.6 Å². The van der Waals surface area contributed by atoms with E-state index in [9.17, 15) is 0 Å². The molecule has 0 aromatic carbocycles. The fourth-order valence-corrected chi connectivity index (χ4v) is 3.28. The molecule has 17 heavy (non-hydrogen) atoms. The fourth-order valence-electron chi connectivity index (χ4n) is 3.28. The number of hydrogen-bond acceptors (Lipinski definition) is 2. The van der Waals surface area contributed by atoms with Crippen LogP contribution < -0.4 is 5.32 Å². The third kappa shape index (κ3) is 3.32. The number of rotatable bonds is 4. The lowest BCUT2D eigenvalue weighted by Gasteiger charge is -2.38. The fraction of sp³-hybridized carbons (Fsp3) is 0.867. The van der Waals surface area contributed by atoms with Crippen LogP contribution in [0.4, 0.5) is 0 Å². The van der Waals surface area contributed by atoms with Gasteiger partial charge in [0.1, 0.15) is 0 Å². The molecular weight excluding hydrogens is 208 g/mol. The van der Waals surface area contributed by atoms with E-state index in [0.29, 0.717) is 0 Å².